The highest BCUT2D eigenvalue weighted by Gasteiger charge is 2.23. The maximum atomic E-state index is 2.37. The van der Waals surface area contributed by atoms with Crippen molar-refractivity contribution in [3.05, 3.63) is 35.4 Å². The monoisotopic (exact) mass is 262 g/mol. The second-order valence-electron chi connectivity index (χ2n) is 6.08. The molecule has 0 unspecified atom stereocenters. The molecular weight excluding hydrogens is 228 g/mol. The molecule has 0 aliphatic rings. The van der Waals surface area contributed by atoms with Crippen LogP contribution in [0.3, 0.4) is 0 Å². The van der Waals surface area contributed by atoms with Gasteiger partial charge in [0.05, 0.1) is 0 Å². The third kappa shape index (κ3) is 4.37. The molecule has 0 fully saturated rings. The highest BCUT2D eigenvalue weighted by atomic mass is 14.3. The molecule has 110 valence electrons. The minimum Gasteiger partial charge on any atom is -0.0683 e. The van der Waals surface area contributed by atoms with E-state index < -0.39 is 0 Å². The average molecular weight is 262 g/mol. The molecule has 0 spiro atoms. The smallest absolute Gasteiger partial charge is 0.00805 e. The Bertz CT molecular complexity index is 339. The average Bonchev–Trinajstić information content (AvgIpc) is 2.48. The molecule has 0 aromatic heterocycles. The van der Waals surface area contributed by atoms with Gasteiger partial charge in [-0.15, -0.1) is 0 Å². The predicted molar refractivity (Wildman–Crippen MR) is 89.0 cm³/mol. The van der Waals surface area contributed by atoms with Crippen molar-refractivity contribution in [3.63, 3.8) is 0 Å². The van der Waals surface area contributed by atoms with Gasteiger partial charge in [0.2, 0.25) is 0 Å². The zero-order valence-corrected chi connectivity index (χ0v) is 14.4. The Morgan fingerprint density at radius 2 is 1.05 bits per heavy atom. The van der Waals surface area contributed by atoms with Crippen molar-refractivity contribution in [2.24, 2.45) is 0 Å². The Morgan fingerprint density at radius 3 is 1.37 bits per heavy atom. The summed E-state index contributed by atoms with van der Waals surface area (Å²) >= 11 is 0. The lowest BCUT2D eigenvalue weighted by atomic mass is 9.76. The summed E-state index contributed by atoms with van der Waals surface area (Å²) in [6, 6.07) is 9.31. The van der Waals surface area contributed by atoms with Crippen molar-refractivity contribution in [2.75, 3.05) is 0 Å². The topological polar surface area (TPSA) is 0 Å². The van der Waals surface area contributed by atoms with Gasteiger partial charge in [0, 0.05) is 0 Å². The van der Waals surface area contributed by atoms with Crippen LogP contribution >= 0.6 is 0 Å². The van der Waals surface area contributed by atoms with E-state index in [0.29, 0.717) is 10.8 Å². The largest absolute Gasteiger partial charge is 0.0683 e. The molecule has 0 amide bonds. The van der Waals surface area contributed by atoms with Crippen LogP contribution in [-0.2, 0) is 10.8 Å². The first-order valence-corrected chi connectivity index (χ1v) is 8.00. The van der Waals surface area contributed by atoms with Crippen LogP contribution < -0.4 is 0 Å². The van der Waals surface area contributed by atoms with Crippen molar-refractivity contribution in [3.8, 4) is 0 Å². The number of benzene rings is 1. The Kier molecular flexibility index (Phi) is 7.41. The molecule has 0 heterocycles. The van der Waals surface area contributed by atoms with Crippen LogP contribution in [0.4, 0.5) is 0 Å². The third-order valence-corrected chi connectivity index (χ3v) is 4.81. The van der Waals surface area contributed by atoms with Gasteiger partial charge in [-0.05, 0) is 41.2 Å². The van der Waals surface area contributed by atoms with Crippen LogP contribution in [0.1, 0.15) is 85.8 Å². The lowest BCUT2D eigenvalue weighted by molar-refractivity contribution is 0.438. The fourth-order valence-corrected chi connectivity index (χ4v) is 2.19. The maximum Gasteiger partial charge on any atom is -0.00805 e. The van der Waals surface area contributed by atoms with Crippen molar-refractivity contribution >= 4 is 0 Å². The van der Waals surface area contributed by atoms with Crippen molar-refractivity contribution < 1.29 is 0 Å². The number of hydrogen-bond acceptors (Lipinski definition) is 0. The van der Waals surface area contributed by atoms with Gasteiger partial charge < -0.3 is 0 Å². The highest BCUT2D eigenvalue weighted by Crippen LogP contribution is 2.33. The van der Waals surface area contributed by atoms with E-state index in [9.17, 15) is 0 Å². The van der Waals surface area contributed by atoms with Gasteiger partial charge in [0.25, 0.3) is 0 Å². The Hall–Kier alpha value is -0.780. The molecule has 1 aromatic carbocycles. The third-order valence-electron chi connectivity index (χ3n) is 4.81. The standard InChI is InChI=1S/C17H28.C2H6/c1-7-16(4,5)14-10-12-15(13-11-14)17(6,8-2)9-3;1-2/h10-13H,7-9H2,1-6H3;1-2H3. The van der Waals surface area contributed by atoms with Crippen LogP contribution in [0.5, 0.6) is 0 Å². The van der Waals surface area contributed by atoms with Crippen molar-refractivity contribution in [1.82, 2.24) is 0 Å². The predicted octanol–water partition coefficient (Wildman–Crippen LogP) is 6.48. The van der Waals surface area contributed by atoms with Gasteiger partial charge in [0.1, 0.15) is 0 Å². The lowest BCUT2D eigenvalue weighted by Crippen LogP contribution is -2.20. The van der Waals surface area contributed by atoms with Gasteiger partial charge in [-0.1, -0.05) is 79.7 Å². The van der Waals surface area contributed by atoms with Crippen molar-refractivity contribution in [1.29, 1.82) is 0 Å². The van der Waals surface area contributed by atoms with E-state index >= 15 is 0 Å². The highest BCUT2D eigenvalue weighted by molar-refractivity contribution is 5.32. The Balaban J connectivity index is 0.00000154. The molecule has 19 heavy (non-hydrogen) atoms. The van der Waals surface area contributed by atoms with Gasteiger partial charge in [-0.25, -0.2) is 0 Å². The summed E-state index contributed by atoms with van der Waals surface area (Å²) in [6.07, 6.45) is 3.60. The molecule has 0 radical (unpaired) electrons. The van der Waals surface area contributed by atoms with E-state index in [1.165, 1.54) is 30.4 Å². The fraction of sp³-hybridized carbons (Fsp3) is 0.684. The minimum absolute atomic E-state index is 0.299. The molecule has 0 heteroatoms. The Morgan fingerprint density at radius 1 is 0.684 bits per heavy atom. The molecule has 0 saturated heterocycles. The maximum absolute atomic E-state index is 2.37. The van der Waals surface area contributed by atoms with E-state index in [4.69, 9.17) is 0 Å². The summed E-state index contributed by atoms with van der Waals surface area (Å²) in [4.78, 5) is 0. The lowest BCUT2D eigenvalue weighted by Gasteiger charge is -2.29. The van der Waals surface area contributed by atoms with Crippen LogP contribution in [0.25, 0.3) is 0 Å². The molecule has 0 aliphatic heterocycles. The van der Waals surface area contributed by atoms with Gasteiger partial charge in [-0.2, -0.15) is 0 Å². The van der Waals surface area contributed by atoms with Gasteiger partial charge in [0.15, 0.2) is 0 Å². The molecule has 0 atom stereocenters. The number of rotatable bonds is 5. The van der Waals surface area contributed by atoms with E-state index in [1.54, 1.807) is 0 Å². The summed E-state index contributed by atoms with van der Waals surface area (Å²) in [5, 5.41) is 0. The summed E-state index contributed by atoms with van der Waals surface area (Å²) in [6.45, 7) is 17.8. The molecule has 1 rings (SSSR count). The van der Waals surface area contributed by atoms with Crippen LogP contribution in [0.2, 0.25) is 0 Å². The molecule has 0 bridgehead atoms. The molecule has 0 nitrogen and oxygen atoms in total. The second-order valence-corrected chi connectivity index (χ2v) is 6.08. The minimum atomic E-state index is 0.299. The Labute approximate surface area is 121 Å². The normalized spacial score (nSPS) is 11.8. The summed E-state index contributed by atoms with van der Waals surface area (Å²) < 4.78 is 0. The SMILES string of the molecule is CC.CCC(C)(C)c1ccc(C(C)(CC)CC)cc1. The first-order valence-electron chi connectivity index (χ1n) is 8.00. The number of hydrogen-bond donors (Lipinski definition) is 0. The summed E-state index contributed by atoms with van der Waals surface area (Å²) in [5.74, 6) is 0. The van der Waals surface area contributed by atoms with Gasteiger partial charge >= 0.3 is 0 Å². The molecule has 0 aliphatic carbocycles. The quantitative estimate of drug-likeness (QED) is 0.570. The van der Waals surface area contributed by atoms with Gasteiger partial charge in [-0.3, -0.25) is 0 Å². The van der Waals surface area contributed by atoms with E-state index in [1.807, 2.05) is 13.8 Å². The summed E-state index contributed by atoms with van der Waals surface area (Å²) in [7, 11) is 0. The van der Waals surface area contributed by atoms with Crippen LogP contribution in [0.15, 0.2) is 24.3 Å². The summed E-state index contributed by atoms with van der Waals surface area (Å²) in [5.41, 5.74) is 3.58. The second kappa shape index (κ2) is 7.72. The van der Waals surface area contributed by atoms with Crippen molar-refractivity contribution in [2.45, 2.75) is 85.5 Å². The van der Waals surface area contributed by atoms with E-state index in [0.717, 1.165) is 0 Å². The van der Waals surface area contributed by atoms with Crippen LogP contribution in [-0.4, -0.2) is 0 Å². The molecule has 1 aromatic rings. The zero-order chi connectivity index (χ0) is 15.1. The zero-order valence-electron chi connectivity index (χ0n) is 14.4. The fourth-order valence-electron chi connectivity index (χ4n) is 2.19. The molecule has 0 N–H and O–H groups in total. The van der Waals surface area contributed by atoms with E-state index in [2.05, 4.69) is 65.8 Å². The first-order chi connectivity index (χ1) is 8.89. The molecule has 0 saturated carbocycles. The van der Waals surface area contributed by atoms with Crippen LogP contribution in [0, 0.1) is 0 Å². The molecular formula is C19H34. The first kappa shape index (κ1) is 18.2. The van der Waals surface area contributed by atoms with E-state index in [-0.39, 0.29) is 0 Å².